The summed E-state index contributed by atoms with van der Waals surface area (Å²) >= 11 is 1.35. The third-order valence-electron chi connectivity index (χ3n) is 5.35. The number of aromatic hydroxyl groups is 1. The highest BCUT2D eigenvalue weighted by atomic mass is 32.1. The number of nitrogens with one attached hydrogen (secondary N) is 2. The van der Waals surface area contributed by atoms with Crippen molar-refractivity contribution in [3.05, 3.63) is 46.1 Å². The molecule has 0 saturated carbocycles. The number of nitrogens with zero attached hydrogens (tertiary/aromatic N) is 3. The minimum Gasteiger partial charge on any atom is -0.492 e. The third kappa shape index (κ3) is 3.30. The van der Waals surface area contributed by atoms with Gasteiger partial charge < -0.3 is 14.9 Å². The van der Waals surface area contributed by atoms with Crippen LogP contribution in [0.3, 0.4) is 0 Å². The number of piperazine rings is 1. The lowest BCUT2D eigenvalue weighted by Crippen LogP contribution is -3.28. The van der Waals surface area contributed by atoms with Gasteiger partial charge in [-0.25, -0.2) is 13.8 Å². The number of likely N-dealkylation sites (N-methyl/N-ethyl adjacent to an activating group) is 1. The Kier molecular flexibility index (Phi) is 4.83. The third-order valence-corrected chi connectivity index (χ3v) is 6.44. The molecule has 144 valence electrons. The lowest BCUT2D eigenvalue weighted by atomic mass is 10.0. The number of benzene rings is 1. The molecule has 1 aliphatic rings. The summed E-state index contributed by atoms with van der Waals surface area (Å²) in [5.74, 6) is -1.12. The van der Waals surface area contributed by atoms with Crippen LogP contribution >= 0.6 is 11.3 Å². The molecule has 0 radical (unpaired) electrons. The van der Waals surface area contributed by atoms with Crippen molar-refractivity contribution in [2.24, 2.45) is 0 Å². The van der Waals surface area contributed by atoms with Crippen molar-refractivity contribution in [3.8, 4) is 5.88 Å². The molecule has 3 N–H and O–H groups in total. The zero-order valence-electron chi connectivity index (χ0n) is 15.3. The molecule has 0 spiro atoms. The number of thiazole rings is 1. The van der Waals surface area contributed by atoms with Crippen LogP contribution in [0, 0.1) is 18.6 Å². The Morgan fingerprint density at radius 3 is 2.59 bits per heavy atom. The fourth-order valence-corrected chi connectivity index (χ4v) is 5.05. The van der Waals surface area contributed by atoms with Gasteiger partial charge in [-0.15, -0.1) is 5.10 Å². The summed E-state index contributed by atoms with van der Waals surface area (Å²) in [4.78, 5) is 8.39. The highest BCUT2D eigenvalue weighted by Crippen LogP contribution is 2.35. The topological polar surface area (TPSA) is 59.3 Å². The first kappa shape index (κ1) is 18.3. The molecule has 9 heteroatoms. The first-order valence-electron chi connectivity index (χ1n) is 9.16. The van der Waals surface area contributed by atoms with Crippen molar-refractivity contribution in [2.75, 3.05) is 32.7 Å². The Balaban J connectivity index is 1.78. The number of hydrogen-bond acceptors (Lipinski definition) is 4. The van der Waals surface area contributed by atoms with E-state index in [1.165, 1.54) is 31.7 Å². The van der Waals surface area contributed by atoms with Gasteiger partial charge in [-0.3, -0.25) is 0 Å². The van der Waals surface area contributed by atoms with Gasteiger partial charge in [-0.05, 0) is 32.0 Å². The summed E-state index contributed by atoms with van der Waals surface area (Å²) < 4.78 is 28.9. The maximum absolute atomic E-state index is 14.0. The molecule has 6 nitrogen and oxygen atoms in total. The predicted octanol–water partition coefficient (Wildman–Crippen LogP) is -0.0243. The molecule has 0 unspecified atom stereocenters. The Labute approximate surface area is 159 Å². The average molecular weight is 395 g/mol. The number of aryl methyl sites for hydroxylation is 1. The first-order chi connectivity index (χ1) is 13.0. The van der Waals surface area contributed by atoms with Crippen LogP contribution in [0.15, 0.2) is 18.2 Å². The van der Waals surface area contributed by atoms with E-state index in [4.69, 9.17) is 0 Å². The lowest BCUT2D eigenvalue weighted by Gasteiger charge is -2.34. The van der Waals surface area contributed by atoms with E-state index in [-0.39, 0.29) is 11.9 Å². The molecule has 1 aromatic carbocycles. The van der Waals surface area contributed by atoms with Gasteiger partial charge in [0.1, 0.15) is 36.9 Å². The molecule has 1 saturated heterocycles. The van der Waals surface area contributed by atoms with E-state index in [2.05, 4.69) is 17.0 Å². The molecule has 4 rings (SSSR count). The second-order valence-electron chi connectivity index (χ2n) is 7.01. The van der Waals surface area contributed by atoms with E-state index in [1.807, 2.05) is 0 Å². The van der Waals surface area contributed by atoms with Gasteiger partial charge in [-0.2, -0.15) is 4.52 Å². The summed E-state index contributed by atoms with van der Waals surface area (Å²) in [7, 11) is 0. The normalized spacial score (nSPS) is 21.6. The van der Waals surface area contributed by atoms with E-state index in [1.54, 1.807) is 13.0 Å². The van der Waals surface area contributed by atoms with Gasteiger partial charge in [0.2, 0.25) is 10.8 Å². The molecular weight excluding hydrogens is 372 g/mol. The van der Waals surface area contributed by atoms with Crippen LogP contribution in [0.25, 0.3) is 4.96 Å². The number of aromatic nitrogens is 3. The number of hydrogen-bond donors (Lipinski definition) is 3. The summed E-state index contributed by atoms with van der Waals surface area (Å²) in [6.07, 6.45) is 0. The molecular formula is C18H23F2N5OS+2. The summed E-state index contributed by atoms with van der Waals surface area (Å²) in [6.45, 7) is 8.80. The standard InChI is InChI=1S/C18H21F2N5OS/c1-3-23-6-8-24(9-7-23)15(12-4-5-13(19)14(20)10-12)16-17(26)25-18(27-16)21-11(2)22-25/h4-5,10,15,26H,3,6-9H2,1-2H3/p+2/t15-/m0/s1. The second kappa shape index (κ2) is 7.14. The van der Waals surface area contributed by atoms with E-state index >= 15 is 0 Å². The van der Waals surface area contributed by atoms with Gasteiger partial charge in [0.15, 0.2) is 17.7 Å². The largest absolute Gasteiger partial charge is 0.492 e. The van der Waals surface area contributed by atoms with Crippen molar-refractivity contribution < 1.29 is 23.7 Å². The van der Waals surface area contributed by atoms with Crippen molar-refractivity contribution in [3.63, 3.8) is 0 Å². The van der Waals surface area contributed by atoms with Gasteiger partial charge >= 0.3 is 0 Å². The van der Waals surface area contributed by atoms with Crippen LogP contribution in [-0.2, 0) is 0 Å². The zero-order valence-corrected chi connectivity index (χ0v) is 16.1. The highest BCUT2D eigenvalue weighted by molar-refractivity contribution is 7.17. The van der Waals surface area contributed by atoms with Crippen LogP contribution in [0.1, 0.15) is 29.2 Å². The van der Waals surface area contributed by atoms with Crippen LogP contribution < -0.4 is 9.80 Å². The molecule has 3 heterocycles. The molecule has 1 aliphatic heterocycles. The fraction of sp³-hybridized carbons (Fsp3) is 0.444. The van der Waals surface area contributed by atoms with E-state index in [0.717, 1.165) is 38.8 Å². The van der Waals surface area contributed by atoms with E-state index in [0.29, 0.717) is 21.2 Å². The Morgan fingerprint density at radius 2 is 1.96 bits per heavy atom. The molecule has 1 atom stereocenters. The lowest BCUT2D eigenvalue weighted by molar-refractivity contribution is -1.02. The van der Waals surface area contributed by atoms with Gasteiger partial charge in [0.25, 0.3) is 0 Å². The van der Waals surface area contributed by atoms with Crippen molar-refractivity contribution in [2.45, 2.75) is 19.9 Å². The minimum atomic E-state index is -0.871. The van der Waals surface area contributed by atoms with Gasteiger partial charge in [-0.1, -0.05) is 11.3 Å². The molecule has 0 bridgehead atoms. The summed E-state index contributed by atoms with van der Waals surface area (Å²) in [5, 5.41) is 15.0. The maximum atomic E-state index is 14.0. The Morgan fingerprint density at radius 1 is 1.22 bits per heavy atom. The van der Waals surface area contributed by atoms with Gasteiger partial charge in [0, 0.05) is 5.56 Å². The van der Waals surface area contributed by atoms with Crippen LogP contribution in [-0.4, -0.2) is 52.4 Å². The van der Waals surface area contributed by atoms with Crippen molar-refractivity contribution in [1.82, 2.24) is 14.6 Å². The molecule has 1 fully saturated rings. The highest BCUT2D eigenvalue weighted by Gasteiger charge is 2.36. The Hall–Kier alpha value is -2.10. The number of quaternary nitrogens is 2. The van der Waals surface area contributed by atoms with Crippen LogP contribution in [0.5, 0.6) is 5.88 Å². The van der Waals surface area contributed by atoms with E-state index < -0.39 is 11.6 Å². The van der Waals surface area contributed by atoms with Gasteiger partial charge in [0.05, 0.1) is 6.54 Å². The fourth-order valence-electron chi connectivity index (χ4n) is 3.87. The monoisotopic (exact) mass is 395 g/mol. The molecule has 27 heavy (non-hydrogen) atoms. The summed E-state index contributed by atoms with van der Waals surface area (Å²) in [5.41, 5.74) is 0.653. The molecule has 0 aliphatic carbocycles. The quantitative estimate of drug-likeness (QED) is 0.582. The summed E-state index contributed by atoms with van der Waals surface area (Å²) in [6, 6.07) is 3.72. The zero-order chi connectivity index (χ0) is 19.1. The number of halogens is 2. The average Bonchev–Trinajstić information content (AvgIpc) is 3.16. The van der Waals surface area contributed by atoms with Crippen LogP contribution in [0.2, 0.25) is 0 Å². The SMILES string of the molecule is CC[NH+]1CC[NH+]([C@@H](c2ccc(F)c(F)c2)c2sc3nc(C)nn3c2O)CC1. The number of rotatable bonds is 4. The maximum Gasteiger partial charge on any atom is 0.235 e. The number of fused-ring (bicyclic) bond motifs is 1. The first-order valence-corrected chi connectivity index (χ1v) is 9.97. The van der Waals surface area contributed by atoms with E-state index in [9.17, 15) is 13.9 Å². The van der Waals surface area contributed by atoms with Crippen molar-refractivity contribution >= 4 is 16.3 Å². The van der Waals surface area contributed by atoms with Crippen molar-refractivity contribution in [1.29, 1.82) is 0 Å². The predicted molar refractivity (Wildman–Crippen MR) is 97.4 cm³/mol. The molecule has 3 aromatic rings. The second-order valence-corrected chi connectivity index (χ2v) is 8.02. The Bertz CT molecular complexity index is 964. The smallest absolute Gasteiger partial charge is 0.235 e. The van der Waals surface area contributed by atoms with Crippen LogP contribution in [0.4, 0.5) is 8.78 Å². The molecule has 2 aromatic heterocycles. The minimum absolute atomic E-state index is 0.0306. The molecule has 0 amide bonds.